The van der Waals surface area contributed by atoms with Gasteiger partial charge in [0.25, 0.3) is 5.91 Å². The van der Waals surface area contributed by atoms with Gasteiger partial charge in [-0.05, 0) is 41.0 Å². The molecule has 2 aliphatic rings. The van der Waals surface area contributed by atoms with Crippen molar-refractivity contribution in [3.8, 4) is 11.1 Å². The maximum absolute atomic E-state index is 12.3. The lowest BCUT2D eigenvalue weighted by Gasteiger charge is -2.34. The van der Waals surface area contributed by atoms with Crippen LogP contribution < -0.4 is 10.6 Å². The third-order valence-electron chi connectivity index (χ3n) is 6.58. The lowest BCUT2D eigenvalue weighted by Crippen LogP contribution is -2.44. The summed E-state index contributed by atoms with van der Waals surface area (Å²) < 4.78 is 10.6. The van der Waals surface area contributed by atoms with Crippen LogP contribution >= 0.6 is 0 Å². The van der Waals surface area contributed by atoms with Crippen molar-refractivity contribution in [3.05, 3.63) is 77.2 Å². The topological polar surface area (TPSA) is 131 Å². The normalized spacial score (nSPS) is 18.2. The number of aromatic nitrogens is 1. The molecular weight excluding hydrogens is 450 g/mol. The average molecular weight is 476 g/mol. The molecule has 9 nitrogen and oxygen atoms in total. The average Bonchev–Trinajstić information content (AvgIpc) is 3.43. The van der Waals surface area contributed by atoms with E-state index in [1.807, 2.05) is 24.3 Å². The Hall–Kier alpha value is -4.14. The number of nitrogens with zero attached hydrogens (tertiary/aromatic N) is 1. The van der Waals surface area contributed by atoms with E-state index >= 15 is 0 Å². The van der Waals surface area contributed by atoms with E-state index in [4.69, 9.17) is 14.4 Å². The van der Waals surface area contributed by atoms with Crippen molar-refractivity contribution >= 4 is 18.0 Å². The maximum atomic E-state index is 12.3. The highest BCUT2D eigenvalue weighted by molar-refractivity contribution is 5.92. The monoisotopic (exact) mass is 475 g/mol. The highest BCUT2D eigenvalue weighted by Gasteiger charge is 2.32. The van der Waals surface area contributed by atoms with Crippen molar-refractivity contribution in [3.63, 3.8) is 0 Å². The van der Waals surface area contributed by atoms with Gasteiger partial charge in [-0.15, -0.1) is 0 Å². The van der Waals surface area contributed by atoms with E-state index < -0.39 is 12.1 Å². The summed E-state index contributed by atoms with van der Waals surface area (Å²) in [5, 5.41) is 18.0. The summed E-state index contributed by atoms with van der Waals surface area (Å²) in [5.74, 6) is -0.840. The van der Waals surface area contributed by atoms with Crippen molar-refractivity contribution in [1.29, 1.82) is 0 Å². The van der Waals surface area contributed by atoms with Crippen LogP contribution in [0.25, 0.3) is 11.1 Å². The lowest BCUT2D eigenvalue weighted by molar-refractivity contribution is -0.138. The van der Waals surface area contributed by atoms with Crippen LogP contribution in [-0.4, -0.2) is 40.9 Å². The first-order chi connectivity index (χ1) is 17.0. The second-order valence-corrected chi connectivity index (χ2v) is 8.96. The van der Waals surface area contributed by atoms with E-state index in [1.54, 1.807) is 0 Å². The van der Waals surface area contributed by atoms with Crippen LogP contribution in [0.4, 0.5) is 4.79 Å². The van der Waals surface area contributed by atoms with E-state index in [0.29, 0.717) is 18.6 Å². The Labute approximate surface area is 201 Å². The first-order valence-electron chi connectivity index (χ1n) is 11.5. The molecule has 3 N–H and O–H groups in total. The predicted octanol–water partition coefficient (Wildman–Crippen LogP) is 3.70. The van der Waals surface area contributed by atoms with E-state index in [1.165, 1.54) is 6.07 Å². The molecule has 0 saturated heterocycles. The Morgan fingerprint density at radius 2 is 1.69 bits per heavy atom. The van der Waals surface area contributed by atoms with Crippen LogP contribution in [0.2, 0.25) is 0 Å². The Balaban J connectivity index is 1.09. The van der Waals surface area contributed by atoms with Gasteiger partial charge in [-0.3, -0.25) is 9.59 Å². The van der Waals surface area contributed by atoms with Crippen molar-refractivity contribution in [2.45, 2.75) is 37.8 Å². The molecule has 0 bridgehead atoms. The fraction of sp³-hybridized carbons (Fsp3) is 0.308. The first-order valence-corrected chi connectivity index (χ1v) is 11.5. The number of aliphatic carboxylic acids is 1. The minimum Gasteiger partial charge on any atom is -0.481 e. The lowest BCUT2D eigenvalue weighted by atomic mass is 9.78. The standard InChI is InChI=1S/C26H25N3O6/c30-24(31)11-15-9-16(10-15)28-25(32)23-12-17(35-29-23)13-27-26(33)34-14-22-20-7-3-1-5-18(20)19-6-2-4-8-21(19)22/h1-8,12,15-16,22H,9-11,13-14H2,(H,27,33)(H,28,32)(H,30,31). The van der Waals surface area contributed by atoms with Gasteiger partial charge in [0.1, 0.15) is 6.61 Å². The second kappa shape index (κ2) is 9.61. The fourth-order valence-electron chi connectivity index (χ4n) is 4.84. The molecule has 1 heterocycles. The van der Waals surface area contributed by atoms with Crippen molar-refractivity contribution in [2.75, 3.05) is 6.61 Å². The third-order valence-corrected chi connectivity index (χ3v) is 6.58. The minimum atomic E-state index is -0.829. The molecule has 5 rings (SSSR count). The summed E-state index contributed by atoms with van der Waals surface area (Å²) in [6.07, 6.45) is 0.786. The van der Waals surface area contributed by atoms with Crippen molar-refractivity contribution < 1.29 is 28.8 Å². The Bertz CT molecular complexity index is 1220. The molecule has 1 fully saturated rings. The quantitative estimate of drug-likeness (QED) is 0.453. The van der Waals surface area contributed by atoms with E-state index in [9.17, 15) is 14.4 Å². The van der Waals surface area contributed by atoms with E-state index in [0.717, 1.165) is 22.3 Å². The van der Waals surface area contributed by atoms with Gasteiger partial charge in [-0.1, -0.05) is 53.7 Å². The van der Waals surface area contributed by atoms with E-state index in [-0.39, 0.29) is 49.1 Å². The van der Waals surface area contributed by atoms with Crippen LogP contribution in [-0.2, 0) is 16.1 Å². The SMILES string of the molecule is O=C(O)CC1CC(NC(=O)c2cc(CNC(=O)OCC3c4ccccc4-c4ccccc43)on2)C1. The number of ether oxygens (including phenoxy) is 1. The van der Waals surface area contributed by atoms with Gasteiger partial charge in [0.2, 0.25) is 0 Å². The van der Waals surface area contributed by atoms with Gasteiger partial charge < -0.3 is 25.0 Å². The Morgan fingerprint density at radius 3 is 2.34 bits per heavy atom. The summed E-state index contributed by atoms with van der Waals surface area (Å²) in [7, 11) is 0. The Kier molecular flexibility index (Phi) is 6.22. The zero-order valence-electron chi connectivity index (χ0n) is 18.9. The third kappa shape index (κ3) is 4.89. The van der Waals surface area contributed by atoms with Crippen LogP contribution in [0, 0.1) is 5.92 Å². The van der Waals surface area contributed by atoms with Crippen molar-refractivity contribution in [2.24, 2.45) is 5.92 Å². The molecule has 0 aliphatic heterocycles. The molecule has 35 heavy (non-hydrogen) atoms. The largest absolute Gasteiger partial charge is 0.481 e. The number of nitrogens with one attached hydrogen (secondary N) is 2. The van der Waals surface area contributed by atoms with Crippen LogP contribution in [0.5, 0.6) is 0 Å². The number of carbonyl (C=O) groups excluding carboxylic acids is 2. The van der Waals surface area contributed by atoms with Gasteiger partial charge in [-0.25, -0.2) is 4.79 Å². The van der Waals surface area contributed by atoms with Gasteiger partial charge in [0, 0.05) is 24.4 Å². The predicted molar refractivity (Wildman–Crippen MR) is 125 cm³/mol. The molecule has 2 aromatic carbocycles. The smallest absolute Gasteiger partial charge is 0.407 e. The number of carbonyl (C=O) groups is 3. The Morgan fingerprint density at radius 1 is 1.03 bits per heavy atom. The number of carboxylic acids is 1. The zero-order valence-corrected chi connectivity index (χ0v) is 18.9. The van der Waals surface area contributed by atoms with Crippen molar-refractivity contribution in [1.82, 2.24) is 15.8 Å². The first kappa shape index (κ1) is 22.6. The molecule has 180 valence electrons. The highest BCUT2D eigenvalue weighted by Crippen LogP contribution is 2.44. The maximum Gasteiger partial charge on any atom is 0.407 e. The number of amides is 2. The van der Waals surface area contributed by atoms with Crippen LogP contribution in [0.3, 0.4) is 0 Å². The molecule has 0 radical (unpaired) electrons. The molecule has 0 atom stereocenters. The van der Waals surface area contributed by atoms with E-state index in [2.05, 4.69) is 40.1 Å². The van der Waals surface area contributed by atoms with Gasteiger partial charge >= 0.3 is 12.1 Å². The molecule has 2 aliphatic carbocycles. The van der Waals surface area contributed by atoms with Crippen LogP contribution in [0.15, 0.2) is 59.1 Å². The zero-order chi connectivity index (χ0) is 24.4. The number of benzene rings is 2. The summed E-state index contributed by atoms with van der Waals surface area (Å²) in [6.45, 7) is 0.231. The van der Waals surface area contributed by atoms with Gasteiger partial charge in [0.05, 0.1) is 6.54 Å². The minimum absolute atomic E-state index is 0.0288. The molecule has 0 unspecified atom stereocenters. The summed E-state index contributed by atoms with van der Waals surface area (Å²) >= 11 is 0. The molecule has 9 heteroatoms. The number of fused-ring (bicyclic) bond motifs is 3. The summed E-state index contributed by atoms with van der Waals surface area (Å²) in [4.78, 5) is 35.4. The molecular formula is C26H25N3O6. The van der Waals surface area contributed by atoms with Gasteiger partial charge in [-0.2, -0.15) is 0 Å². The molecule has 1 saturated carbocycles. The molecule has 1 aromatic heterocycles. The number of hydrogen-bond donors (Lipinski definition) is 3. The molecule has 0 spiro atoms. The number of alkyl carbamates (subject to hydrolysis) is 1. The van der Waals surface area contributed by atoms with Gasteiger partial charge in [0.15, 0.2) is 11.5 Å². The molecule has 2 amide bonds. The molecule has 3 aromatic rings. The highest BCUT2D eigenvalue weighted by atomic mass is 16.5. The van der Waals surface area contributed by atoms with Crippen LogP contribution in [0.1, 0.15) is 52.6 Å². The number of hydrogen-bond acceptors (Lipinski definition) is 6. The second-order valence-electron chi connectivity index (χ2n) is 8.96. The number of carboxylic acid groups (broad SMARTS) is 1. The fourth-order valence-corrected chi connectivity index (χ4v) is 4.84. The number of rotatable bonds is 8. The summed E-state index contributed by atoms with van der Waals surface area (Å²) in [6, 6.07) is 17.6. The summed E-state index contributed by atoms with van der Waals surface area (Å²) in [5.41, 5.74) is 4.69.